The second-order valence-electron chi connectivity index (χ2n) is 3.87. The fourth-order valence-corrected chi connectivity index (χ4v) is 2.51. The summed E-state index contributed by atoms with van der Waals surface area (Å²) in [7, 11) is 0. The summed E-state index contributed by atoms with van der Waals surface area (Å²) in [5, 5.41) is 1.91. The normalized spacial score (nSPS) is 11.4. The monoisotopic (exact) mass is 320 g/mol. The van der Waals surface area contributed by atoms with Crippen molar-refractivity contribution in [3.8, 4) is 5.75 Å². The first kappa shape index (κ1) is 14.9. The third-order valence-electron chi connectivity index (χ3n) is 2.39. The molecule has 2 rings (SSSR count). The lowest BCUT2D eigenvalue weighted by atomic mass is 10.1. The zero-order valence-electron chi connectivity index (χ0n) is 9.91. The molecule has 2 nitrogen and oxygen atoms in total. The van der Waals surface area contributed by atoms with E-state index in [1.165, 1.54) is 17.4 Å². The number of carbonyl (C=O) groups is 1. The molecule has 7 heteroatoms. The lowest BCUT2D eigenvalue weighted by Crippen LogP contribution is -2.17. The Balaban J connectivity index is 2.22. The molecule has 0 spiro atoms. The standard InChI is InChI=1S/C13H8ClF3O2S/c14-11-4-3-8(19-13(15,16)17)6-10(11)12(18)7-9-2-1-5-20-9/h1-6H,7H2. The Hall–Kier alpha value is -1.53. The molecule has 0 bridgehead atoms. The van der Waals surface area contributed by atoms with Crippen LogP contribution in [0, 0.1) is 0 Å². The van der Waals surface area contributed by atoms with E-state index in [9.17, 15) is 18.0 Å². The van der Waals surface area contributed by atoms with E-state index in [0.29, 0.717) is 0 Å². The molecule has 2 aromatic rings. The molecule has 1 aromatic carbocycles. The molecule has 20 heavy (non-hydrogen) atoms. The Morgan fingerprint density at radius 2 is 2.05 bits per heavy atom. The molecule has 106 valence electrons. The number of carbonyl (C=O) groups excluding carboxylic acids is 1. The van der Waals surface area contributed by atoms with Crippen LogP contribution in [0.3, 0.4) is 0 Å². The highest BCUT2D eigenvalue weighted by molar-refractivity contribution is 7.10. The number of benzene rings is 1. The smallest absolute Gasteiger partial charge is 0.406 e. The molecule has 1 heterocycles. The van der Waals surface area contributed by atoms with Crippen LogP contribution in [0.1, 0.15) is 15.2 Å². The Morgan fingerprint density at radius 3 is 2.65 bits per heavy atom. The van der Waals surface area contributed by atoms with Gasteiger partial charge >= 0.3 is 6.36 Å². The van der Waals surface area contributed by atoms with E-state index in [-0.39, 0.29) is 22.8 Å². The molecule has 1 aromatic heterocycles. The van der Waals surface area contributed by atoms with Crippen LogP contribution >= 0.6 is 22.9 Å². The van der Waals surface area contributed by atoms with Crippen LogP contribution in [-0.4, -0.2) is 12.1 Å². The molecule has 0 atom stereocenters. The van der Waals surface area contributed by atoms with Crippen molar-refractivity contribution in [3.63, 3.8) is 0 Å². The predicted octanol–water partition coefficient (Wildman–Crippen LogP) is 4.73. The van der Waals surface area contributed by atoms with Crippen molar-refractivity contribution in [2.75, 3.05) is 0 Å². The Morgan fingerprint density at radius 1 is 1.30 bits per heavy atom. The number of halogens is 4. The second-order valence-corrected chi connectivity index (χ2v) is 5.31. The van der Waals surface area contributed by atoms with Crippen LogP contribution < -0.4 is 4.74 Å². The summed E-state index contributed by atoms with van der Waals surface area (Å²) in [4.78, 5) is 12.8. The molecule has 0 aliphatic heterocycles. The molecule has 0 N–H and O–H groups in total. The molecular formula is C13H8ClF3O2S. The van der Waals surface area contributed by atoms with Gasteiger partial charge in [0.2, 0.25) is 0 Å². The number of Topliss-reactive ketones (excluding diaryl/α,β-unsaturated/α-hetero) is 1. The number of rotatable bonds is 4. The van der Waals surface area contributed by atoms with Gasteiger partial charge in [-0.3, -0.25) is 4.79 Å². The zero-order valence-corrected chi connectivity index (χ0v) is 11.5. The zero-order chi connectivity index (χ0) is 14.8. The van der Waals surface area contributed by atoms with Crippen molar-refractivity contribution >= 4 is 28.7 Å². The summed E-state index contributed by atoms with van der Waals surface area (Å²) in [6.45, 7) is 0. The van der Waals surface area contributed by atoms with Gasteiger partial charge in [-0.2, -0.15) is 0 Å². The number of ketones is 1. The summed E-state index contributed by atoms with van der Waals surface area (Å²) >= 11 is 7.24. The van der Waals surface area contributed by atoms with E-state index >= 15 is 0 Å². The lowest BCUT2D eigenvalue weighted by molar-refractivity contribution is -0.274. The SMILES string of the molecule is O=C(Cc1cccs1)c1cc(OC(F)(F)F)ccc1Cl. The fraction of sp³-hybridized carbons (Fsp3) is 0.154. The molecular weight excluding hydrogens is 313 g/mol. The van der Waals surface area contributed by atoms with Crippen LogP contribution in [0.2, 0.25) is 5.02 Å². The van der Waals surface area contributed by atoms with Crippen molar-refractivity contribution in [2.24, 2.45) is 0 Å². The highest BCUT2D eigenvalue weighted by Crippen LogP contribution is 2.28. The molecule has 0 unspecified atom stereocenters. The molecule has 0 amide bonds. The predicted molar refractivity (Wildman–Crippen MR) is 70.5 cm³/mol. The van der Waals surface area contributed by atoms with Gasteiger partial charge in [0.1, 0.15) is 5.75 Å². The number of alkyl halides is 3. The van der Waals surface area contributed by atoms with Gasteiger partial charge in [-0.25, -0.2) is 0 Å². The maximum atomic E-state index is 12.1. The number of thiophene rings is 1. The Kier molecular flexibility index (Phi) is 4.35. The largest absolute Gasteiger partial charge is 0.573 e. The van der Waals surface area contributed by atoms with Crippen molar-refractivity contribution < 1.29 is 22.7 Å². The minimum Gasteiger partial charge on any atom is -0.406 e. The summed E-state index contributed by atoms with van der Waals surface area (Å²) in [5.74, 6) is -0.818. The average Bonchev–Trinajstić information content (AvgIpc) is 2.82. The first-order valence-electron chi connectivity index (χ1n) is 5.46. The van der Waals surface area contributed by atoms with Gasteiger partial charge < -0.3 is 4.74 Å². The summed E-state index contributed by atoms with van der Waals surface area (Å²) < 4.78 is 40.2. The van der Waals surface area contributed by atoms with Gasteiger partial charge in [0.25, 0.3) is 0 Å². The van der Waals surface area contributed by atoms with Gasteiger partial charge in [-0.1, -0.05) is 17.7 Å². The van der Waals surface area contributed by atoms with Gasteiger partial charge in [0.15, 0.2) is 5.78 Å². The van der Waals surface area contributed by atoms with Crippen molar-refractivity contribution in [2.45, 2.75) is 12.8 Å². The highest BCUT2D eigenvalue weighted by atomic mass is 35.5. The van der Waals surface area contributed by atoms with Crippen molar-refractivity contribution in [1.82, 2.24) is 0 Å². The quantitative estimate of drug-likeness (QED) is 0.762. The van der Waals surface area contributed by atoms with E-state index in [1.54, 1.807) is 12.1 Å². The summed E-state index contributed by atoms with van der Waals surface area (Å²) in [6.07, 6.45) is -4.71. The number of hydrogen-bond acceptors (Lipinski definition) is 3. The molecule has 0 radical (unpaired) electrons. The molecule has 0 saturated heterocycles. The third-order valence-corrected chi connectivity index (χ3v) is 3.59. The third kappa shape index (κ3) is 3.98. The van der Waals surface area contributed by atoms with Crippen LogP contribution in [0.4, 0.5) is 13.2 Å². The summed E-state index contributed by atoms with van der Waals surface area (Å²) in [5.41, 5.74) is 0.0156. The minimum atomic E-state index is -4.80. The second kappa shape index (κ2) is 5.85. The van der Waals surface area contributed by atoms with Gasteiger partial charge in [0, 0.05) is 16.9 Å². The first-order chi connectivity index (χ1) is 9.35. The topological polar surface area (TPSA) is 26.3 Å². The van der Waals surface area contributed by atoms with E-state index in [2.05, 4.69) is 4.74 Å². The van der Waals surface area contributed by atoms with Gasteiger partial charge in [0.05, 0.1) is 5.02 Å². The molecule has 0 aliphatic rings. The number of ether oxygens (including phenoxy) is 1. The van der Waals surface area contributed by atoms with Crippen molar-refractivity contribution in [3.05, 3.63) is 51.2 Å². The minimum absolute atomic E-state index is 0.0156. The average molecular weight is 321 g/mol. The van der Waals surface area contributed by atoms with Crippen molar-refractivity contribution in [1.29, 1.82) is 0 Å². The lowest BCUT2D eigenvalue weighted by Gasteiger charge is -2.10. The first-order valence-corrected chi connectivity index (χ1v) is 6.72. The molecule has 0 fully saturated rings. The Labute approximate surface area is 121 Å². The van der Waals surface area contributed by atoms with E-state index in [1.807, 2.05) is 5.38 Å². The van der Waals surface area contributed by atoms with Crippen LogP contribution in [0.15, 0.2) is 35.7 Å². The van der Waals surface area contributed by atoms with Crippen LogP contribution in [0.25, 0.3) is 0 Å². The molecule has 0 aliphatic carbocycles. The van der Waals surface area contributed by atoms with E-state index < -0.39 is 12.1 Å². The maximum Gasteiger partial charge on any atom is 0.573 e. The van der Waals surface area contributed by atoms with Gasteiger partial charge in [-0.05, 0) is 29.6 Å². The van der Waals surface area contributed by atoms with Gasteiger partial charge in [-0.15, -0.1) is 24.5 Å². The Bertz CT molecular complexity index is 609. The van der Waals surface area contributed by atoms with Crippen LogP contribution in [0.5, 0.6) is 5.75 Å². The maximum absolute atomic E-state index is 12.1. The molecule has 0 saturated carbocycles. The fourth-order valence-electron chi connectivity index (χ4n) is 1.58. The van der Waals surface area contributed by atoms with E-state index in [4.69, 9.17) is 11.6 Å². The van der Waals surface area contributed by atoms with Crippen LogP contribution in [-0.2, 0) is 6.42 Å². The number of hydrogen-bond donors (Lipinski definition) is 0. The highest BCUT2D eigenvalue weighted by Gasteiger charge is 2.31. The summed E-state index contributed by atoms with van der Waals surface area (Å²) in [6, 6.07) is 6.85. The van der Waals surface area contributed by atoms with E-state index in [0.717, 1.165) is 17.0 Å².